The van der Waals surface area contributed by atoms with E-state index in [0.29, 0.717) is 0 Å². The van der Waals surface area contributed by atoms with Crippen LogP contribution in [0.25, 0.3) is 0 Å². The van der Waals surface area contributed by atoms with E-state index >= 15 is 0 Å². The van der Waals surface area contributed by atoms with Gasteiger partial charge in [-0.1, -0.05) is 6.92 Å². The normalized spacial score (nSPS) is 10.5. The van der Waals surface area contributed by atoms with E-state index < -0.39 is 0 Å². The Morgan fingerprint density at radius 1 is 1.40 bits per heavy atom. The zero-order valence-electron chi connectivity index (χ0n) is 8.27. The number of hydrogen-bond donors (Lipinski definition) is 0. The van der Waals surface area contributed by atoms with Crippen molar-refractivity contribution in [2.75, 3.05) is 0 Å². The zero-order valence-corrected chi connectivity index (χ0v) is 10.7. The zero-order chi connectivity index (χ0) is 10.7. The van der Waals surface area contributed by atoms with Gasteiger partial charge in [0.15, 0.2) is 0 Å². The molecule has 0 unspecified atom stereocenters. The van der Waals surface area contributed by atoms with Crippen LogP contribution in [0.4, 0.5) is 0 Å². The lowest BCUT2D eigenvalue weighted by Crippen LogP contribution is -1.99. The average Bonchev–Trinajstić information content (AvgIpc) is 2.69. The number of aryl methyl sites for hydroxylation is 1. The number of hydrogen-bond acceptors (Lipinski definition) is 4. The molecule has 0 aromatic carbocycles. The first-order valence-corrected chi connectivity index (χ1v) is 6.36. The van der Waals surface area contributed by atoms with Gasteiger partial charge in [0.25, 0.3) is 0 Å². The van der Waals surface area contributed by atoms with E-state index in [9.17, 15) is 0 Å². The summed E-state index contributed by atoms with van der Waals surface area (Å²) in [5.41, 5.74) is 1.02. The van der Waals surface area contributed by atoms with Crippen LogP contribution in [-0.2, 0) is 12.8 Å². The smallest absolute Gasteiger partial charge is 0.129 e. The summed E-state index contributed by atoms with van der Waals surface area (Å²) in [5.74, 6) is 0.871. The summed E-state index contributed by atoms with van der Waals surface area (Å²) >= 11 is 5.04. The van der Waals surface area contributed by atoms with Crippen molar-refractivity contribution >= 4 is 27.3 Å². The Morgan fingerprint density at radius 3 is 2.93 bits per heavy atom. The third kappa shape index (κ3) is 2.82. The van der Waals surface area contributed by atoms with Gasteiger partial charge in [-0.3, -0.25) is 0 Å². The number of nitrogens with zero attached hydrogens (tertiary/aromatic N) is 3. The SMILES string of the molecule is CCc1nc(Br)cc(Cc2nccs2)n1. The molecule has 2 aromatic rings. The summed E-state index contributed by atoms with van der Waals surface area (Å²) in [6.45, 7) is 2.05. The third-order valence-electron chi connectivity index (χ3n) is 1.93. The van der Waals surface area contributed by atoms with Gasteiger partial charge >= 0.3 is 0 Å². The number of aromatic nitrogens is 3. The molecule has 0 bridgehead atoms. The topological polar surface area (TPSA) is 38.7 Å². The minimum absolute atomic E-state index is 0.784. The Kier molecular flexibility index (Phi) is 3.43. The number of thiazole rings is 1. The lowest BCUT2D eigenvalue weighted by atomic mass is 10.3. The highest BCUT2D eigenvalue weighted by Crippen LogP contribution is 2.14. The predicted octanol–water partition coefficient (Wildman–Crippen LogP) is 2.85. The van der Waals surface area contributed by atoms with Crippen LogP contribution in [0, 0.1) is 0 Å². The predicted molar refractivity (Wildman–Crippen MR) is 64.0 cm³/mol. The molecule has 0 amide bonds. The molecular weight excluding hydrogens is 274 g/mol. The van der Waals surface area contributed by atoms with Crippen molar-refractivity contribution in [3.63, 3.8) is 0 Å². The minimum atomic E-state index is 0.784. The summed E-state index contributed by atoms with van der Waals surface area (Å²) in [7, 11) is 0. The fourth-order valence-corrected chi connectivity index (χ4v) is 2.36. The first-order valence-electron chi connectivity index (χ1n) is 4.68. The van der Waals surface area contributed by atoms with Crippen LogP contribution in [0.3, 0.4) is 0 Å². The molecule has 78 valence electrons. The van der Waals surface area contributed by atoms with Gasteiger partial charge in [-0.05, 0) is 22.0 Å². The van der Waals surface area contributed by atoms with Gasteiger partial charge in [0.05, 0.1) is 10.7 Å². The van der Waals surface area contributed by atoms with Crippen LogP contribution in [0.15, 0.2) is 22.2 Å². The van der Waals surface area contributed by atoms with E-state index in [-0.39, 0.29) is 0 Å². The molecule has 0 aliphatic rings. The van der Waals surface area contributed by atoms with E-state index in [1.807, 2.05) is 17.6 Å². The van der Waals surface area contributed by atoms with Crippen LogP contribution >= 0.6 is 27.3 Å². The molecule has 0 atom stereocenters. The van der Waals surface area contributed by atoms with Crippen LogP contribution in [0.1, 0.15) is 23.4 Å². The molecule has 0 radical (unpaired) electrons. The van der Waals surface area contributed by atoms with Crippen molar-refractivity contribution in [3.8, 4) is 0 Å². The highest BCUT2D eigenvalue weighted by Gasteiger charge is 2.04. The molecule has 0 aliphatic carbocycles. The van der Waals surface area contributed by atoms with Crippen molar-refractivity contribution in [3.05, 3.63) is 38.8 Å². The second-order valence-electron chi connectivity index (χ2n) is 3.05. The highest BCUT2D eigenvalue weighted by atomic mass is 79.9. The molecule has 0 spiro atoms. The summed E-state index contributed by atoms with van der Waals surface area (Å²) < 4.78 is 0.848. The molecule has 0 aliphatic heterocycles. The van der Waals surface area contributed by atoms with Crippen LogP contribution < -0.4 is 0 Å². The van der Waals surface area contributed by atoms with Gasteiger partial charge in [0, 0.05) is 24.4 Å². The van der Waals surface area contributed by atoms with Gasteiger partial charge in [0.2, 0.25) is 0 Å². The lowest BCUT2D eigenvalue weighted by molar-refractivity contribution is 0.884. The molecule has 15 heavy (non-hydrogen) atoms. The Hall–Kier alpha value is -0.810. The van der Waals surface area contributed by atoms with Gasteiger partial charge in [0.1, 0.15) is 10.4 Å². The molecule has 2 heterocycles. The fourth-order valence-electron chi connectivity index (χ4n) is 1.26. The number of rotatable bonds is 3. The molecule has 0 fully saturated rings. The first kappa shape index (κ1) is 10.7. The molecule has 3 nitrogen and oxygen atoms in total. The van der Waals surface area contributed by atoms with E-state index in [1.165, 1.54) is 0 Å². The molecule has 2 rings (SSSR count). The molecule has 0 N–H and O–H groups in total. The van der Waals surface area contributed by atoms with Gasteiger partial charge in [-0.25, -0.2) is 15.0 Å². The van der Waals surface area contributed by atoms with Crippen LogP contribution in [0.2, 0.25) is 0 Å². The maximum Gasteiger partial charge on any atom is 0.129 e. The van der Waals surface area contributed by atoms with Crippen molar-refractivity contribution in [1.82, 2.24) is 15.0 Å². The van der Waals surface area contributed by atoms with E-state index in [2.05, 4.69) is 37.8 Å². The Morgan fingerprint density at radius 2 is 2.27 bits per heavy atom. The monoisotopic (exact) mass is 283 g/mol. The molecule has 2 aromatic heterocycles. The number of halogens is 1. The minimum Gasteiger partial charge on any atom is -0.249 e. The van der Waals surface area contributed by atoms with Crippen LogP contribution in [-0.4, -0.2) is 15.0 Å². The molecule has 0 saturated carbocycles. The fraction of sp³-hybridized carbons (Fsp3) is 0.300. The lowest BCUT2D eigenvalue weighted by Gasteiger charge is -2.01. The van der Waals surface area contributed by atoms with Gasteiger partial charge < -0.3 is 0 Å². The third-order valence-corrected chi connectivity index (χ3v) is 3.11. The van der Waals surface area contributed by atoms with E-state index in [4.69, 9.17) is 0 Å². The summed E-state index contributed by atoms with van der Waals surface area (Å²) in [6.07, 6.45) is 3.45. The summed E-state index contributed by atoms with van der Waals surface area (Å²) in [5, 5.41) is 3.06. The summed E-state index contributed by atoms with van der Waals surface area (Å²) in [6, 6.07) is 1.94. The van der Waals surface area contributed by atoms with Crippen molar-refractivity contribution in [2.24, 2.45) is 0 Å². The maximum atomic E-state index is 4.45. The molecular formula is C10H10BrN3S. The summed E-state index contributed by atoms with van der Waals surface area (Å²) in [4.78, 5) is 13.0. The van der Waals surface area contributed by atoms with Gasteiger partial charge in [-0.2, -0.15) is 0 Å². The molecule has 0 saturated heterocycles. The second-order valence-corrected chi connectivity index (χ2v) is 4.85. The quantitative estimate of drug-likeness (QED) is 0.813. The van der Waals surface area contributed by atoms with E-state index in [1.54, 1.807) is 11.3 Å². The Labute approximate surface area is 101 Å². The highest BCUT2D eigenvalue weighted by molar-refractivity contribution is 9.10. The van der Waals surface area contributed by atoms with Crippen molar-refractivity contribution in [1.29, 1.82) is 0 Å². The van der Waals surface area contributed by atoms with E-state index in [0.717, 1.165) is 34.0 Å². The standard InChI is InChI=1S/C10H10BrN3S/c1-2-9-13-7(5-8(11)14-9)6-10-12-3-4-15-10/h3-5H,2,6H2,1H3. The largest absolute Gasteiger partial charge is 0.249 e. The van der Waals surface area contributed by atoms with Gasteiger partial charge in [-0.15, -0.1) is 11.3 Å². The van der Waals surface area contributed by atoms with Crippen molar-refractivity contribution < 1.29 is 0 Å². The maximum absolute atomic E-state index is 4.45. The van der Waals surface area contributed by atoms with Crippen LogP contribution in [0.5, 0.6) is 0 Å². The Bertz CT molecular complexity index is 442. The molecule has 5 heteroatoms. The van der Waals surface area contributed by atoms with Crippen molar-refractivity contribution in [2.45, 2.75) is 19.8 Å². The Balaban J connectivity index is 2.24. The first-order chi connectivity index (χ1) is 7.28. The average molecular weight is 284 g/mol. The second kappa shape index (κ2) is 4.81.